The number of aromatic nitrogens is 2. The van der Waals surface area contributed by atoms with Gasteiger partial charge in [0.15, 0.2) is 17.3 Å². The molecular formula is C19H18FN3O2. The van der Waals surface area contributed by atoms with E-state index in [0.717, 1.165) is 33.9 Å². The molecule has 2 aromatic carbocycles. The highest BCUT2D eigenvalue weighted by molar-refractivity contribution is 5.83. The first-order chi connectivity index (χ1) is 12.1. The Kier molecular flexibility index (Phi) is 3.60. The van der Waals surface area contributed by atoms with E-state index >= 15 is 0 Å². The van der Waals surface area contributed by atoms with E-state index < -0.39 is 0 Å². The molecule has 128 valence electrons. The first-order valence-electron chi connectivity index (χ1n) is 7.99. The smallest absolute Gasteiger partial charge is 0.161 e. The summed E-state index contributed by atoms with van der Waals surface area (Å²) in [4.78, 5) is 0. The van der Waals surface area contributed by atoms with Gasteiger partial charge in [-0.1, -0.05) is 6.92 Å². The van der Waals surface area contributed by atoms with Crippen molar-refractivity contribution in [3.8, 4) is 22.8 Å². The van der Waals surface area contributed by atoms with E-state index in [4.69, 9.17) is 9.47 Å². The van der Waals surface area contributed by atoms with Gasteiger partial charge in [-0.2, -0.15) is 5.10 Å². The van der Waals surface area contributed by atoms with Crippen molar-refractivity contribution >= 4 is 11.5 Å². The van der Waals surface area contributed by atoms with E-state index in [1.807, 2.05) is 12.1 Å². The minimum atomic E-state index is -0.266. The Morgan fingerprint density at radius 2 is 1.76 bits per heavy atom. The fraction of sp³-hybridized carbons (Fsp3) is 0.211. The standard InChI is InChI=1S/C19H18FN3O2/c1-10-13-8-15(24-2)16(25-3)9-14(13)18-17(10)19(23-22-18)21-12-6-4-11(20)5-7-12/h4-10H,1-3H3,(H2,21,22,23). The molecule has 1 heterocycles. The van der Waals surface area contributed by atoms with Gasteiger partial charge in [0.2, 0.25) is 0 Å². The van der Waals surface area contributed by atoms with Gasteiger partial charge in [0, 0.05) is 22.7 Å². The summed E-state index contributed by atoms with van der Waals surface area (Å²) in [5.41, 5.74) is 5.04. The van der Waals surface area contributed by atoms with Crippen LogP contribution in [0.25, 0.3) is 11.3 Å². The fourth-order valence-corrected chi connectivity index (χ4v) is 3.37. The Balaban J connectivity index is 1.75. The van der Waals surface area contributed by atoms with E-state index in [9.17, 15) is 4.39 Å². The summed E-state index contributed by atoms with van der Waals surface area (Å²) in [6.07, 6.45) is 0. The maximum absolute atomic E-state index is 13.1. The zero-order chi connectivity index (χ0) is 17.6. The number of hydrogen-bond acceptors (Lipinski definition) is 4. The molecule has 25 heavy (non-hydrogen) atoms. The highest BCUT2D eigenvalue weighted by atomic mass is 19.1. The van der Waals surface area contributed by atoms with Crippen LogP contribution in [-0.4, -0.2) is 24.4 Å². The molecule has 0 bridgehead atoms. The minimum Gasteiger partial charge on any atom is -0.493 e. The second-order valence-electron chi connectivity index (χ2n) is 6.01. The topological polar surface area (TPSA) is 59.2 Å². The molecule has 5 nitrogen and oxygen atoms in total. The van der Waals surface area contributed by atoms with Gasteiger partial charge in [-0.05, 0) is 42.0 Å². The van der Waals surface area contributed by atoms with E-state index in [1.165, 1.54) is 12.1 Å². The molecule has 1 unspecified atom stereocenters. The summed E-state index contributed by atoms with van der Waals surface area (Å²) in [7, 11) is 3.25. The number of benzene rings is 2. The Labute approximate surface area is 144 Å². The van der Waals surface area contributed by atoms with Gasteiger partial charge in [-0.3, -0.25) is 5.10 Å². The van der Waals surface area contributed by atoms with Crippen LogP contribution >= 0.6 is 0 Å². The molecule has 4 rings (SSSR count). The Morgan fingerprint density at radius 1 is 1.08 bits per heavy atom. The number of hydrogen-bond donors (Lipinski definition) is 2. The summed E-state index contributed by atoms with van der Waals surface area (Å²) < 4.78 is 23.9. The third-order valence-corrected chi connectivity index (χ3v) is 4.64. The van der Waals surface area contributed by atoms with Crippen LogP contribution in [0.15, 0.2) is 36.4 Å². The molecule has 0 fully saturated rings. The molecule has 1 atom stereocenters. The van der Waals surface area contributed by atoms with Crippen molar-refractivity contribution in [3.63, 3.8) is 0 Å². The molecule has 0 saturated carbocycles. The van der Waals surface area contributed by atoms with Crippen molar-refractivity contribution in [1.82, 2.24) is 10.2 Å². The van der Waals surface area contributed by atoms with Crippen molar-refractivity contribution in [2.24, 2.45) is 0 Å². The van der Waals surface area contributed by atoms with Crippen molar-refractivity contribution in [2.45, 2.75) is 12.8 Å². The molecule has 0 aliphatic heterocycles. The summed E-state index contributed by atoms with van der Waals surface area (Å²) in [6, 6.07) is 10.2. The third kappa shape index (κ3) is 2.41. The minimum absolute atomic E-state index is 0.145. The van der Waals surface area contributed by atoms with Gasteiger partial charge in [0.25, 0.3) is 0 Å². The lowest BCUT2D eigenvalue weighted by Gasteiger charge is -2.13. The average Bonchev–Trinajstić information content (AvgIpc) is 3.16. The van der Waals surface area contributed by atoms with Crippen LogP contribution in [-0.2, 0) is 0 Å². The van der Waals surface area contributed by atoms with E-state index in [0.29, 0.717) is 11.5 Å². The number of methoxy groups -OCH3 is 2. The highest BCUT2D eigenvalue weighted by Crippen LogP contribution is 2.50. The van der Waals surface area contributed by atoms with Gasteiger partial charge < -0.3 is 14.8 Å². The lowest BCUT2D eigenvalue weighted by molar-refractivity contribution is 0.354. The number of halogens is 1. The predicted octanol–water partition coefficient (Wildman–Crippen LogP) is 4.44. The van der Waals surface area contributed by atoms with Crippen molar-refractivity contribution in [2.75, 3.05) is 19.5 Å². The van der Waals surface area contributed by atoms with Crippen LogP contribution in [0.1, 0.15) is 24.0 Å². The summed E-state index contributed by atoms with van der Waals surface area (Å²) in [5.74, 6) is 2.01. The SMILES string of the molecule is COc1cc2c(cc1OC)C(C)c1c(Nc3ccc(F)cc3)n[nH]c1-2. The van der Waals surface area contributed by atoms with Crippen LogP contribution in [0.5, 0.6) is 11.5 Å². The number of rotatable bonds is 4. The maximum Gasteiger partial charge on any atom is 0.161 e. The number of nitrogens with one attached hydrogen (secondary N) is 2. The molecule has 0 amide bonds. The Bertz CT molecular complexity index is 935. The lowest BCUT2D eigenvalue weighted by Crippen LogP contribution is -1.99. The largest absolute Gasteiger partial charge is 0.493 e. The number of anilines is 2. The molecule has 1 aromatic heterocycles. The fourth-order valence-electron chi connectivity index (χ4n) is 3.37. The molecular weight excluding hydrogens is 321 g/mol. The first kappa shape index (κ1) is 15.5. The van der Waals surface area contributed by atoms with Crippen molar-refractivity contribution in [1.29, 1.82) is 0 Å². The highest BCUT2D eigenvalue weighted by Gasteiger charge is 2.32. The van der Waals surface area contributed by atoms with Crippen LogP contribution in [0.3, 0.4) is 0 Å². The Hall–Kier alpha value is -3.02. The summed E-state index contributed by atoms with van der Waals surface area (Å²) in [5, 5.41) is 10.8. The lowest BCUT2D eigenvalue weighted by atomic mass is 9.99. The van der Waals surface area contributed by atoms with Crippen LogP contribution < -0.4 is 14.8 Å². The van der Waals surface area contributed by atoms with E-state index in [-0.39, 0.29) is 11.7 Å². The molecule has 1 aliphatic rings. The number of nitrogens with zero attached hydrogens (tertiary/aromatic N) is 1. The quantitative estimate of drug-likeness (QED) is 0.738. The second kappa shape index (κ2) is 5.81. The number of ether oxygens (including phenoxy) is 2. The van der Waals surface area contributed by atoms with Gasteiger partial charge >= 0.3 is 0 Å². The van der Waals surface area contributed by atoms with Crippen molar-refractivity contribution < 1.29 is 13.9 Å². The van der Waals surface area contributed by atoms with Crippen LogP contribution in [0.2, 0.25) is 0 Å². The molecule has 1 aliphatic carbocycles. The predicted molar refractivity (Wildman–Crippen MR) is 94.3 cm³/mol. The normalized spacial score (nSPS) is 14.8. The van der Waals surface area contributed by atoms with Crippen molar-refractivity contribution in [3.05, 3.63) is 53.3 Å². The second-order valence-corrected chi connectivity index (χ2v) is 6.01. The Morgan fingerprint density at radius 3 is 2.44 bits per heavy atom. The number of fused-ring (bicyclic) bond motifs is 3. The zero-order valence-corrected chi connectivity index (χ0v) is 14.2. The summed E-state index contributed by atoms with van der Waals surface area (Å²) >= 11 is 0. The van der Waals surface area contributed by atoms with Gasteiger partial charge in [0.05, 0.1) is 19.9 Å². The average molecular weight is 339 g/mol. The summed E-state index contributed by atoms with van der Waals surface area (Å²) in [6.45, 7) is 2.13. The van der Waals surface area contributed by atoms with Gasteiger partial charge in [-0.25, -0.2) is 4.39 Å². The molecule has 2 N–H and O–H groups in total. The van der Waals surface area contributed by atoms with E-state index in [1.54, 1.807) is 26.4 Å². The third-order valence-electron chi connectivity index (χ3n) is 4.64. The number of aromatic amines is 1. The molecule has 0 radical (unpaired) electrons. The zero-order valence-electron chi connectivity index (χ0n) is 14.2. The van der Waals surface area contributed by atoms with Crippen LogP contribution in [0.4, 0.5) is 15.9 Å². The molecule has 3 aromatic rings. The monoisotopic (exact) mass is 339 g/mol. The molecule has 6 heteroatoms. The first-order valence-corrected chi connectivity index (χ1v) is 7.99. The van der Waals surface area contributed by atoms with Gasteiger partial charge in [-0.15, -0.1) is 0 Å². The number of H-pyrrole nitrogens is 1. The van der Waals surface area contributed by atoms with Gasteiger partial charge in [0.1, 0.15) is 5.82 Å². The maximum atomic E-state index is 13.1. The van der Waals surface area contributed by atoms with Crippen LogP contribution in [0, 0.1) is 5.82 Å². The molecule has 0 saturated heterocycles. The molecule has 0 spiro atoms. The van der Waals surface area contributed by atoms with E-state index in [2.05, 4.69) is 22.4 Å².